The predicted molar refractivity (Wildman–Crippen MR) is 148 cm³/mol. The maximum atomic E-state index is 13.6. The van der Waals surface area contributed by atoms with Gasteiger partial charge in [0.05, 0.1) is 29.6 Å². The Morgan fingerprint density at radius 3 is 2.24 bits per heavy atom. The van der Waals surface area contributed by atoms with Crippen molar-refractivity contribution in [1.29, 1.82) is 0 Å². The van der Waals surface area contributed by atoms with Crippen LogP contribution in [0.5, 0.6) is 0 Å². The first kappa shape index (κ1) is 24.3. The van der Waals surface area contributed by atoms with E-state index in [1.54, 1.807) is 59.2 Å². The van der Waals surface area contributed by atoms with Gasteiger partial charge in [-0.25, -0.2) is 9.36 Å². The molecule has 184 valence electrons. The third-order valence-electron chi connectivity index (χ3n) is 6.23. The van der Waals surface area contributed by atoms with Crippen molar-refractivity contribution < 1.29 is 4.79 Å². The molecule has 0 aliphatic rings. The van der Waals surface area contributed by atoms with Crippen molar-refractivity contribution in [2.45, 2.75) is 19.9 Å². The molecule has 37 heavy (non-hydrogen) atoms. The fourth-order valence-corrected chi connectivity index (χ4v) is 4.48. The van der Waals surface area contributed by atoms with E-state index >= 15 is 0 Å². The molecule has 4 aromatic carbocycles. The van der Waals surface area contributed by atoms with Gasteiger partial charge in [-0.1, -0.05) is 71.8 Å². The third-order valence-corrected chi connectivity index (χ3v) is 6.60. The number of para-hydroxylation sites is 1. The highest BCUT2D eigenvalue weighted by atomic mass is 35.5. The van der Waals surface area contributed by atoms with Crippen LogP contribution in [-0.4, -0.2) is 15.0 Å². The molecular weight excluding hydrogens is 486 g/mol. The Labute approximate surface area is 218 Å². The lowest BCUT2D eigenvalue weighted by molar-refractivity contribution is -0.115. The van der Waals surface area contributed by atoms with Gasteiger partial charge in [0.2, 0.25) is 5.91 Å². The van der Waals surface area contributed by atoms with Gasteiger partial charge < -0.3 is 5.32 Å². The quantitative estimate of drug-likeness (QED) is 0.335. The SMILES string of the molecule is Cc1ccc(NC(=O)Cc2ccc(-n3c(=O)c4ccccc4n(Cc4ccccc4Cl)c3=O)cc2)cc1. The second-order valence-corrected chi connectivity index (χ2v) is 9.28. The summed E-state index contributed by atoms with van der Waals surface area (Å²) in [7, 11) is 0. The summed E-state index contributed by atoms with van der Waals surface area (Å²) < 4.78 is 2.72. The van der Waals surface area contributed by atoms with Crippen LogP contribution in [0.4, 0.5) is 5.69 Å². The van der Waals surface area contributed by atoms with E-state index in [9.17, 15) is 14.4 Å². The third kappa shape index (κ3) is 5.10. The molecule has 0 aliphatic carbocycles. The summed E-state index contributed by atoms with van der Waals surface area (Å²) in [5, 5.41) is 3.85. The maximum Gasteiger partial charge on any atom is 0.336 e. The molecule has 7 heteroatoms. The molecule has 0 aliphatic heterocycles. The molecule has 5 aromatic rings. The first-order valence-corrected chi connectivity index (χ1v) is 12.2. The van der Waals surface area contributed by atoms with Crippen molar-refractivity contribution in [2.75, 3.05) is 5.32 Å². The summed E-state index contributed by atoms with van der Waals surface area (Å²) in [6.07, 6.45) is 0.164. The molecule has 0 bridgehead atoms. The summed E-state index contributed by atoms with van der Waals surface area (Å²) in [5.74, 6) is -0.151. The molecule has 0 radical (unpaired) electrons. The topological polar surface area (TPSA) is 73.1 Å². The number of nitrogens with zero attached hydrogens (tertiary/aromatic N) is 2. The number of aryl methyl sites for hydroxylation is 1. The number of amides is 1. The van der Waals surface area contributed by atoms with Crippen LogP contribution >= 0.6 is 11.6 Å². The summed E-state index contributed by atoms with van der Waals surface area (Å²) in [4.78, 5) is 39.5. The zero-order chi connectivity index (χ0) is 25.9. The molecule has 5 rings (SSSR count). The fraction of sp³-hybridized carbons (Fsp3) is 0.100. The lowest BCUT2D eigenvalue weighted by atomic mass is 10.1. The summed E-state index contributed by atoms with van der Waals surface area (Å²) in [5.41, 5.74) is 3.48. The molecule has 1 heterocycles. The number of nitrogens with one attached hydrogen (secondary N) is 1. The molecule has 0 unspecified atom stereocenters. The van der Waals surface area contributed by atoms with Crippen molar-refractivity contribution in [3.63, 3.8) is 0 Å². The Morgan fingerprint density at radius 2 is 1.51 bits per heavy atom. The van der Waals surface area contributed by atoms with E-state index in [1.807, 2.05) is 49.4 Å². The van der Waals surface area contributed by atoms with Gasteiger partial charge in [-0.2, -0.15) is 0 Å². The Kier molecular flexibility index (Phi) is 6.75. The minimum Gasteiger partial charge on any atom is -0.326 e. The molecule has 0 saturated heterocycles. The Morgan fingerprint density at radius 1 is 0.838 bits per heavy atom. The van der Waals surface area contributed by atoms with Gasteiger partial charge in [-0.05, 0) is 60.5 Å². The Bertz CT molecular complexity index is 1720. The highest BCUT2D eigenvalue weighted by Gasteiger charge is 2.16. The predicted octanol–water partition coefficient (Wildman–Crippen LogP) is 5.34. The van der Waals surface area contributed by atoms with Crippen molar-refractivity contribution in [3.05, 3.63) is 140 Å². The summed E-state index contributed by atoms with van der Waals surface area (Å²) in [6.45, 7) is 2.20. The van der Waals surface area contributed by atoms with E-state index in [4.69, 9.17) is 11.6 Å². The van der Waals surface area contributed by atoms with Crippen LogP contribution in [0.1, 0.15) is 16.7 Å². The average Bonchev–Trinajstić information content (AvgIpc) is 2.90. The largest absolute Gasteiger partial charge is 0.336 e. The minimum absolute atomic E-state index is 0.151. The van der Waals surface area contributed by atoms with E-state index in [1.165, 1.54) is 0 Å². The van der Waals surface area contributed by atoms with Gasteiger partial charge >= 0.3 is 5.69 Å². The van der Waals surface area contributed by atoms with Crippen LogP contribution < -0.4 is 16.6 Å². The van der Waals surface area contributed by atoms with Gasteiger partial charge in [0, 0.05) is 10.7 Å². The number of anilines is 1. The zero-order valence-corrected chi connectivity index (χ0v) is 20.9. The van der Waals surface area contributed by atoms with E-state index < -0.39 is 11.2 Å². The summed E-state index contributed by atoms with van der Waals surface area (Å²) >= 11 is 6.37. The first-order chi connectivity index (χ1) is 17.9. The van der Waals surface area contributed by atoms with Crippen LogP contribution in [0, 0.1) is 6.92 Å². The smallest absolute Gasteiger partial charge is 0.326 e. The van der Waals surface area contributed by atoms with Crippen LogP contribution in [0.2, 0.25) is 5.02 Å². The number of benzene rings is 4. The van der Waals surface area contributed by atoms with Crippen LogP contribution in [0.25, 0.3) is 16.6 Å². The number of hydrogen-bond acceptors (Lipinski definition) is 3. The van der Waals surface area contributed by atoms with Gasteiger partial charge in [0.1, 0.15) is 0 Å². The van der Waals surface area contributed by atoms with E-state index in [0.717, 1.165) is 26.9 Å². The highest BCUT2D eigenvalue weighted by Crippen LogP contribution is 2.18. The number of aromatic nitrogens is 2. The molecule has 0 saturated carbocycles. The van der Waals surface area contributed by atoms with Crippen molar-refractivity contribution in [1.82, 2.24) is 9.13 Å². The van der Waals surface area contributed by atoms with Gasteiger partial charge in [0.25, 0.3) is 5.56 Å². The van der Waals surface area contributed by atoms with Crippen molar-refractivity contribution in [3.8, 4) is 5.69 Å². The second-order valence-electron chi connectivity index (χ2n) is 8.88. The first-order valence-electron chi connectivity index (χ1n) is 11.8. The lowest BCUT2D eigenvalue weighted by Crippen LogP contribution is -2.39. The number of fused-ring (bicyclic) bond motifs is 1. The standard InChI is InChI=1S/C30H24ClN3O3/c1-20-10-14-23(15-11-20)32-28(35)18-21-12-16-24(17-13-21)34-29(36)25-7-3-5-9-27(25)33(30(34)37)19-22-6-2-4-8-26(22)31/h2-17H,18-19H2,1H3,(H,32,35). The van der Waals surface area contributed by atoms with Gasteiger partial charge in [-0.15, -0.1) is 0 Å². The summed E-state index contributed by atoms with van der Waals surface area (Å²) in [6, 6.07) is 28.8. The van der Waals surface area contributed by atoms with E-state index in [2.05, 4.69) is 5.32 Å². The number of carbonyl (C=O) groups excluding carboxylic acids is 1. The number of hydrogen-bond donors (Lipinski definition) is 1. The zero-order valence-electron chi connectivity index (χ0n) is 20.1. The molecule has 1 N–H and O–H groups in total. The molecule has 1 amide bonds. The maximum absolute atomic E-state index is 13.6. The average molecular weight is 510 g/mol. The molecular formula is C30H24ClN3O3. The van der Waals surface area contributed by atoms with Crippen molar-refractivity contribution >= 4 is 34.1 Å². The molecule has 0 atom stereocenters. The molecule has 1 aromatic heterocycles. The number of carbonyl (C=O) groups is 1. The normalized spacial score (nSPS) is 11.0. The molecule has 0 spiro atoms. The molecule has 6 nitrogen and oxygen atoms in total. The van der Waals surface area contributed by atoms with Gasteiger partial charge in [0.15, 0.2) is 0 Å². The van der Waals surface area contributed by atoms with Crippen LogP contribution in [0.3, 0.4) is 0 Å². The van der Waals surface area contributed by atoms with E-state index in [0.29, 0.717) is 21.6 Å². The van der Waals surface area contributed by atoms with Crippen LogP contribution in [0.15, 0.2) is 107 Å². The lowest BCUT2D eigenvalue weighted by Gasteiger charge is -2.15. The highest BCUT2D eigenvalue weighted by molar-refractivity contribution is 6.31. The van der Waals surface area contributed by atoms with E-state index in [-0.39, 0.29) is 18.9 Å². The van der Waals surface area contributed by atoms with Crippen LogP contribution in [-0.2, 0) is 17.8 Å². The Balaban J connectivity index is 1.48. The second kappa shape index (κ2) is 10.3. The van der Waals surface area contributed by atoms with Gasteiger partial charge in [-0.3, -0.25) is 14.2 Å². The fourth-order valence-electron chi connectivity index (χ4n) is 4.29. The molecule has 0 fully saturated rings. The Hall–Kier alpha value is -4.42. The number of rotatable bonds is 6. The number of halogens is 1. The minimum atomic E-state index is -0.464. The monoisotopic (exact) mass is 509 g/mol. The van der Waals surface area contributed by atoms with Crippen molar-refractivity contribution in [2.24, 2.45) is 0 Å².